The number of aryl methyl sites for hydroxylation is 1. The van der Waals surface area contributed by atoms with Gasteiger partial charge in [0, 0.05) is 5.92 Å². The Kier molecular flexibility index (Phi) is 5.82. The summed E-state index contributed by atoms with van der Waals surface area (Å²) in [4.78, 5) is 0. The average molecular weight is 350 g/mol. The van der Waals surface area contributed by atoms with Gasteiger partial charge in [-0.25, -0.2) is 13.6 Å². The van der Waals surface area contributed by atoms with Crippen LogP contribution in [0, 0.1) is 18.8 Å². The van der Waals surface area contributed by atoms with Crippen molar-refractivity contribution in [3.8, 4) is 5.75 Å². The highest BCUT2D eigenvalue weighted by atomic mass is 79.9. The van der Waals surface area contributed by atoms with E-state index >= 15 is 0 Å². The molecule has 2 N–H and O–H groups in total. The van der Waals surface area contributed by atoms with Crippen LogP contribution in [-0.2, 0) is 10.0 Å². The van der Waals surface area contributed by atoms with Crippen LogP contribution >= 0.6 is 15.9 Å². The fourth-order valence-electron chi connectivity index (χ4n) is 1.65. The fourth-order valence-corrected chi connectivity index (χ4v) is 3.34. The number of ether oxygens (including phenoxy) is 1. The first-order chi connectivity index (χ1) is 8.69. The first kappa shape index (κ1) is 16.5. The molecule has 0 saturated carbocycles. The number of sulfonamides is 1. The Labute approximate surface area is 123 Å². The van der Waals surface area contributed by atoms with Gasteiger partial charge in [0.05, 0.1) is 16.8 Å². The predicted octanol–water partition coefficient (Wildman–Crippen LogP) is 2.70. The van der Waals surface area contributed by atoms with Crippen molar-refractivity contribution in [1.82, 2.24) is 0 Å². The summed E-state index contributed by atoms with van der Waals surface area (Å²) in [5, 5.41) is 5.10. The highest BCUT2D eigenvalue weighted by Gasteiger charge is 2.20. The maximum atomic E-state index is 11.2. The molecule has 1 unspecified atom stereocenters. The molecular formula is C13H20BrNO3S. The molecule has 19 heavy (non-hydrogen) atoms. The van der Waals surface area contributed by atoms with Crippen LogP contribution in [-0.4, -0.2) is 20.8 Å². The second-order valence-corrected chi connectivity index (χ2v) is 7.59. The van der Waals surface area contributed by atoms with Gasteiger partial charge in [0.1, 0.15) is 5.75 Å². The lowest BCUT2D eigenvalue weighted by atomic mass is 9.99. The second-order valence-electron chi connectivity index (χ2n) is 5.08. The lowest BCUT2D eigenvalue weighted by molar-refractivity contribution is 0.223. The highest BCUT2D eigenvalue weighted by molar-refractivity contribution is 9.10. The van der Waals surface area contributed by atoms with Crippen molar-refractivity contribution in [2.24, 2.45) is 17.0 Å². The molecule has 0 amide bonds. The molecule has 1 atom stereocenters. The van der Waals surface area contributed by atoms with Gasteiger partial charge >= 0.3 is 0 Å². The Morgan fingerprint density at radius 1 is 1.37 bits per heavy atom. The van der Waals surface area contributed by atoms with E-state index in [1.807, 2.05) is 39.0 Å². The minimum Gasteiger partial charge on any atom is -0.492 e. The molecule has 0 fully saturated rings. The van der Waals surface area contributed by atoms with Gasteiger partial charge in [-0.05, 0) is 46.5 Å². The normalized spacial score (nSPS) is 13.6. The van der Waals surface area contributed by atoms with Crippen LogP contribution in [0.1, 0.15) is 19.4 Å². The van der Waals surface area contributed by atoms with Crippen molar-refractivity contribution in [2.45, 2.75) is 20.8 Å². The Bertz CT molecular complexity index is 529. The summed E-state index contributed by atoms with van der Waals surface area (Å²) >= 11 is 3.43. The van der Waals surface area contributed by atoms with Gasteiger partial charge < -0.3 is 4.74 Å². The Hall–Kier alpha value is -0.590. The first-order valence-corrected chi connectivity index (χ1v) is 8.59. The van der Waals surface area contributed by atoms with Crippen molar-refractivity contribution in [3.05, 3.63) is 28.2 Å². The monoisotopic (exact) mass is 349 g/mol. The van der Waals surface area contributed by atoms with E-state index in [2.05, 4.69) is 15.9 Å². The summed E-state index contributed by atoms with van der Waals surface area (Å²) in [6, 6.07) is 5.78. The van der Waals surface area contributed by atoms with Crippen LogP contribution in [0.25, 0.3) is 0 Å². The van der Waals surface area contributed by atoms with Gasteiger partial charge in [0.25, 0.3) is 0 Å². The third-order valence-corrected chi connectivity index (χ3v) is 4.44. The third kappa shape index (κ3) is 5.93. The number of benzene rings is 1. The minimum atomic E-state index is -3.48. The summed E-state index contributed by atoms with van der Waals surface area (Å²) in [5.41, 5.74) is 1.13. The molecule has 0 spiro atoms. The topological polar surface area (TPSA) is 69.4 Å². The van der Waals surface area contributed by atoms with Crippen molar-refractivity contribution in [2.75, 3.05) is 12.4 Å². The molecule has 6 heteroatoms. The Morgan fingerprint density at radius 3 is 2.47 bits per heavy atom. The van der Waals surface area contributed by atoms with Crippen LogP contribution in [0.2, 0.25) is 0 Å². The predicted molar refractivity (Wildman–Crippen MR) is 80.7 cm³/mol. The average Bonchev–Trinajstić information content (AvgIpc) is 2.24. The maximum absolute atomic E-state index is 11.2. The van der Waals surface area contributed by atoms with E-state index in [9.17, 15) is 8.42 Å². The molecule has 0 saturated heterocycles. The zero-order chi connectivity index (χ0) is 14.6. The molecule has 1 aromatic rings. The lowest BCUT2D eigenvalue weighted by Crippen LogP contribution is -2.30. The van der Waals surface area contributed by atoms with E-state index in [4.69, 9.17) is 9.88 Å². The van der Waals surface area contributed by atoms with Gasteiger partial charge in [-0.1, -0.05) is 19.9 Å². The molecule has 0 bridgehead atoms. The van der Waals surface area contributed by atoms with Gasteiger partial charge in [-0.2, -0.15) is 0 Å². The number of primary sulfonamides is 1. The van der Waals surface area contributed by atoms with Crippen LogP contribution < -0.4 is 9.88 Å². The summed E-state index contributed by atoms with van der Waals surface area (Å²) in [6.07, 6.45) is 0. The summed E-state index contributed by atoms with van der Waals surface area (Å²) in [7, 11) is -3.48. The molecule has 0 radical (unpaired) electrons. The molecule has 0 aromatic heterocycles. The zero-order valence-corrected chi connectivity index (χ0v) is 13.8. The standard InChI is InChI=1S/C13H20BrNO3S/c1-9(2)11(8-19(15,16)17)7-18-13-5-4-10(3)6-12(13)14/h4-6,9,11H,7-8H2,1-3H3,(H2,15,16,17). The van der Waals surface area contributed by atoms with E-state index < -0.39 is 10.0 Å². The lowest BCUT2D eigenvalue weighted by Gasteiger charge is -2.20. The zero-order valence-electron chi connectivity index (χ0n) is 11.4. The van der Waals surface area contributed by atoms with E-state index in [1.165, 1.54) is 0 Å². The fraction of sp³-hybridized carbons (Fsp3) is 0.538. The molecule has 4 nitrogen and oxygen atoms in total. The second kappa shape index (κ2) is 6.72. The van der Waals surface area contributed by atoms with E-state index in [0.717, 1.165) is 10.0 Å². The van der Waals surface area contributed by atoms with Gasteiger partial charge in [0.15, 0.2) is 0 Å². The first-order valence-electron chi connectivity index (χ1n) is 6.08. The van der Waals surface area contributed by atoms with Crippen LogP contribution in [0.5, 0.6) is 5.75 Å². The summed E-state index contributed by atoms with van der Waals surface area (Å²) in [6.45, 7) is 6.25. The molecule has 108 valence electrons. The smallest absolute Gasteiger partial charge is 0.209 e. The molecule has 1 rings (SSSR count). The minimum absolute atomic E-state index is 0.0614. The number of hydrogen-bond donors (Lipinski definition) is 1. The van der Waals surface area contributed by atoms with Crippen LogP contribution in [0.3, 0.4) is 0 Å². The summed E-state index contributed by atoms with van der Waals surface area (Å²) in [5.74, 6) is 0.713. The third-order valence-electron chi connectivity index (χ3n) is 2.93. The number of halogens is 1. The Balaban J connectivity index is 2.71. The van der Waals surface area contributed by atoms with Gasteiger partial charge in [-0.15, -0.1) is 0 Å². The van der Waals surface area contributed by atoms with E-state index in [0.29, 0.717) is 12.4 Å². The quantitative estimate of drug-likeness (QED) is 0.858. The number of nitrogens with two attached hydrogens (primary N) is 1. The van der Waals surface area contributed by atoms with Crippen LogP contribution in [0.4, 0.5) is 0 Å². The summed E-state index contributed by atoms with van der Waals surface area (Å²) < 4.78 is 28.9. The molecule has 0 aliphatic rings. The molecular weight excluding hydrogens is 330 g/mol. The molecule has 0 heterocycles. The van der Waals surface area contributed by atoms with Gasteiger partial charge in [-0.3, -0.25) is 0 Å². The maximum Gasteiger partial charge on any atom is 0.209 e. The number of hydrogen-bond acceptors (Lipinski definition) is 3. The largest absolute Gasteiger partial charge is 0.492 e. The van der Waals surface area contributed by atoms with Crippen molar-refractivity contribution < 1.29 is 13.2 Å². The van der Waals surface area contributed by atoms with Crippen LogP contribution in [0.15, 0.2) is 22.7 Å². The molecule has 1 aromatic carbocycles. The van der Waals surface area contributed by atoms with Crippen molar-refractivity contribution in [3.63, 3.8) is 0 Å². The van der Waals surface area contributed by atoms with Gasteiger partial charge in [0.2, 0.25) is 10.0 Å². The SMILES string of the molecule is Cc1ccc(OCC(CS(N)(=O)=O)C(C)C)c(Br)c1. The van der Waals surface area contributed by atoms with E-state index in [-0.39, 0.29) is 17.6 Å². The highest BCUT2D eigenvalue weighted by Crippen LogP contribution is 2.27. The Morgan fingerprint density at radius 2 is 2.00 bits per heavy atom. The molecule has 0 aliphatic carbocycles. The molecule has 0 aliphatic heterocycles. The van der Waals surface area contributed by atoms with Crippen molar-refractivity contribution in [1.29, 1.82) is 0 Å². The van der Waals surface area contributed by atoms with Crippen molar-refractivity contribution >= 4 is 26.0 Å². The number of rotatable bonds is 6. The van der Waals surface area contributed by atoms with E-state index in [1.54, 1.807) is 0 Å².